The second-order valence-electron chi connectivity index (χ2n) is 5.82. The van der Waals surface area contributed by atoms with Crippen LogP contribution in [0.25, 0.3) is 0 Å². The summed E-state index contributed by atoms with van der Waals surface area (Å²) in [6.07, 6.45) is -5.13. The number of rotatable bonds is 2. The van der Waals surface area contributed by atoms with Crippen LogP contribution in [0.3, 0.4) is 0 Å². The topological polar surface area (TPSA) is 77.8 Å². The normalized spacial score (nSPS) is 34.0. The molecule has 21 heavy (non-hydrogen) atoms. The monoisotopic (exact) mass is 309 g/mol. The smallest absolute Gasteiger partial charge is 0.391 e. The van der Waals surface area contributed by atoms with Crippen molar-refractivity contribution in [1.29, 1.82) is 0 Å². The van der Waals surface area contributed by atoms with Crippen molar-refractivity contribution in [3.05, 3.63) is 0 Å². The van der Waals surface area contributed by atoms with Gasteiger partial charge in [-0.15, -0.1) is 0 Å². The molecule has 0 spiro atoms. The average Bonchev–Trinajstić information content (AvgIpc) is 2.79. The second-order valence-corrected chi connectivity index (χ2v) is 5.82. The van der Waals surface area contributed by atoms with Gasteiger partial charge in [0.1, 0.15) is 6.04 Å². The van der Waals surface area contributed by atoms with Crippen LogP contribution < -0.4 is 0 Å². The SMILES string of the molecule is O=C(O)[C@@H]1C[C@H](O)CN1C(=O)C1CCC(C(F)(F)F)CC1. The Morgan fingerprint density at radius 1 is 1.10 bits per heavy atom. The number of carbonyl (C=O) groups excluding carboxylic acids is 1. The third kappa shape index (κ3) is 3.48. The van der Waals surface area contributed by atoms with Gasteiger partial charge in [-0.3, -0.25) is 4.79 Å². The Kier molecular flexibility index (Phi) is 4.46. The summed E-state index contributed by atoms with van der Waals surface area (Å²) in [5.41, 5.74) is 0. The molecule has 0 aromatic carbocycles. The van der Waals surface area contributed by atoms with Gasteiger partial charge in [-0.2, -0.15) is 13.2 Å². The molecule has 1 saturated carbocycles. The summed E-state index contributed by atoms with van der Waals surface area (Å²) in [6.45, 7) is -0.0605. The van der Waals surface area contributed by atoms with Gasteiger partial charge in [-0.1, -0.05) is 0 Å². The van der Waals surface area contributed by atoms with Gasteiger partial charge in [0.05, 0.1) is 12.0 Å². The van der Waals surface area contributed by atoms with Crippen LogP contribution in [-0.4, -0.2) is 51.9 Å². The predicted octanol–water partition coefficient (Wildman–Crippen LogP) is 1.40. The molecule has 2 N–H and O–H groups in total. The van der Waals surface area contributed by atoms with Crippen LogP contribution in [0, 0.1) is 11.8 Å². The van der Waals surface area contributed by atoms with Crippen molar-refractivity contribution in [2.24, 2.45) is 11.8 Å². The van der Waals surface area contributed by atoms with Gasteiger partial charge >= 0.3 is 12.1 Å². The largest absolute Gasteiger partial charge is 0.480 e. The molecule has 2 rings (SSSR count). The van der Waals surface area contributed by atoms with Gasteiger partial charge in [-0.25, -0.2) is 4.79 Å². The molecule has 0 aromatic heterocycles. The predicted molar refractivity (Wildman–Crippen MR) is 65.3 cm³/mol. The Hall–Kier alpha value is -1.31. The first kappa shape index (κ1) is 16.1. The van der Waals surface area contributed by atoms with Crippen LogP contribution in [0.15, 0.2) is 0 Å². The number of nitrogens with zero attached hydrogens (tertiary/aromatic N) is 1. The number of aliphatic hydroxyl groups excluding tert-OH is 1. The maximum Gasteiger partial charge on any atom is 0.391 e. The second kappa shape index (κ2) is 5.82. The van der Waals surface area contributed by atoms with E-state index in [1.807, 2.05) is 0 Å². The van der Waals surface area contributed by atoms with Gasteiger partial charge < -0.3 is 15.1 Å². The zero-order valence-electron chi connectivity index (χ0n) is 11.3. The summed E-state index contributed by atoms with van der Waals surface area (Å²) < 4.78 is 37.8. The quantitative estimate of drug-likeness (QED) is 0.808. The highest BCUT2D eigenvalue weighted by Gasteiger charge is 2.45. The molecular weight excluding hydrogens is 291 g/mol. The van der Waals surface area contributed by atoms with Gasteiger partial charge in [0, 0.05) is 18.9 Å². The Bertz CT molecular complexity index is 418. The lowest BCUT2D eigenvalue weighted by Gasteiger charge is -2.32. The molecule has 120 valence electrons. The summed E-state index contributed by atoms with van der Waals surface area (Å²) in [5, 5.41) is 18.6. The van der Waals surface area contributed by atoms with E-state index in [4.69, 9.17) is 5.11 Å². The molecule has 5 nitrogen and oxygen atoms in total. The number of amides is 1. The van der Waals surface area contributed by atoms with Crippen molar-refractivity contribution in [3.8, 4) is 0 Å². The molecule has 1 aliphatic carbocycles. The van der Waals surface area contributed by atoms with Crippen molar-refractivity contribution < 1.29 is 33.0 Å². The summed E-state index contributed by atoms with van der Waals surface area (Å²) in [4.78, 5) is 24.5. The number of aliphatic carboxylic acids is 1. The Morgan fingerprint density at radius 3 is 2.14 bits per heavy atom. The van der Waals surface area contributed by atoms with E-state index in [1.165, 1.54) is 0 Å². The minimum absolute atomic E-state index is 0.0288. The van der Waals surface area contributed by atoms with E-state index in [0.29, 0.717) is 0 Å². The lowest BCUT2D eigenvalue weighted by Crippen LogP contribution is -2.45. The van der Waals surface area contributed by atoms with Crippen LogP contribution in [-0.2, 0) is 9.59 Å². The number of alkyl halides is 3. The Labute approximate surface area is 119 Å². The number of likely N-dealkylation sites (tertiary alicyclic amines) is 1. The first-order valence-electron chi connectivity index (χ1n) is 6.98. The fourth-order valence-electron chi connectivity index (χ4n) is 3.19. The number of hydrogen-bond donors (Lipinski definition) is 2. The van der Waals surface area contributed by atoms with E-state index in [-0.39, 0.29) is 38.6 Å². The summed E-state index contributed by atoms with van der Waals surface area (Å²) in [5.74, 6) is -3.58. The molecule has 0 radical (unpaired) electrons. The zero-order valence-corrected chi connectivity index (χ0v) is 11.3. The maximum atomic E-state index is 12.6. The van der Waals surface area contributed by atoms with Crippen molar-refractivity contribution in [1.82, 2.24) is 4.90 Å². The maximum absolute atomic E-state index is 12.6. The zero-order chi connectivity index (χ0) is 15.8. The van der Waals surface area contributed by atoms with Crippen LogP contribution >= 0.6 is 0 Å². The number of aliphatic hydroxyl groups is 1. The lowest BCUT2D eigenvalue weighted by atomic mass is 9.81. The molecular formula is C13H18F3NO4. The van der Waals surface area contributed by atoms with Crippen LogP contribution in [0.5, 0.6) is 0 Å². The molecule has 2 aliphatic rings. The summed E-state index contributed by atoms with van der Waals surface area (Å²) >= 11 is 0. The van der Waals surface area contributed by atoms with Crippen LogP contribution in [0.1, 0.15) is 32.1 Å². The number of carboxylic acid groups (broad SMARTS) is 1. The van der Waals surface area contributed by atoms with E-state index < -0.39 is 42.0 Å². The van der Waals surface area contributed by atoms with Crippen molar-refractivity contribution in [2.45, 2.75) is 50.4 Å². The fraction of sp³-hybridized carbons (Fsp3) is 0.846. The Morgan fingerprint density at radius 2 is 1.67 bits per heavy atom. The molecule has 1 aliphatic heterocycles. The minimum Gasteiger partial charge on any atom is -0.480 e. The van der Waals surface area contributed by atoms with Gasteiger partial charge in [-0.05, 0) is 25.7 Å². The van der Waals surface area contributed by atoms with Crippen LogP contribution in [0.2, 0.25) is 0 Å². The van der Waals surface area contributed by atoms with Gasteiger partial charge in [0.15, 0.2) is 0 Å². The molecule has 1 heterocycles. The van der Waals surface area contributed by atoms with Crippen molar-refractivity contribution in [3.63, 3.8) is 0 Å². The van der Waals surface area contributed by atoms with E-state index in [9.17, 15) is 27.9 Å². The number of carbonyl (C=O) groups is 2. The standard InChI is InChI=1S/C13H18F3NO4/c14-13(15,16)8-3-1-7(2-4-8)11(19)17-6-9(18)5-10(17)12(20)21/h7-10,18H,1-6H2,(H,20,21)/t7?,8?,9-,10-/m0/s1. The molecule has 1 amide bonds. The van der Waals surface area contributed by atoms with E-state index in [0.717, 1.165) is 4.90 Å². The lowest BCUT2D eigenvalue weighted by molar-refractivity contribution is -0.185. The van der Waals surface area contributed by atoms with Crippen molar-refractivity contribution in [2.75, 3.05) is 6.54 Å². The summed E-state index contributed by atoms with van der Waals surface area (Å²) in [7, 11) is 0. The highest BCUT2D eigenvalue weighted by atomic mass is 19.4. The third-order valence-corrected chi connectivity index (χ3v) is 4.39. The molecule has 2 fully saturated rings. The number of carboxylic acids is 1. The number of β-amino-alcohol motifs (C(OH)–C–C–N with tert-alkyl or cyclic N) is 1. The molecule has 2 atom stereocenters. The van der Waals surface area contributed by atoms with E-state index in [2.05, 4.69) is 0 Å². The molecule has 0 aromatic rings. The highest BCUT2D eigenvalue weighted by molar-refractivity contribution is 5.85. The Balaban J connectivity index is 1.97. The van der Waals surface area contributed by atoms with E-state index >= 15 is 0 Å². The average molecular weight is 309 g/mol. The molecule has 0 unspecified atom stereocenters. The first-order chi connectivity index (χ1) is 9.70. The molecule has 8 heteroatoms. The first-order valence-corrected chi connectivity index (χ1v) is 6.98. The van der Waals surface area contributed by atoms with Gasteiger partial charge in [0.25, 0.3) is 0 Å². The van der Waals surface area contributed by atoms with E-state index in [1.54, 1.807) is 0 Å². The van der Waals surface area contributed by atoms with Crippen molar-refractivity contribution >= 4 is 11.9 Å². The molecule has 0 bridgehead atoms. The number of hydrogen-bond acceptors (Lipinski definition) is 3. The van der Waals surface area contributed by atoms with Crippen LogP contribution in [0.4, 0.5) is 13.2 Å². The third-order valence-electron chi connectivity index (χ3n) is 4.39. The van der Waals surface area contributed by atoms with Gasteiger partial charge in [0.2, 0.25) is 5.91 Å². The number of halogens is 3. The summed E-state index contributed by atoms with van der Waals surface area (Å²) in [6, 6.07) is -1.08. The molecule has 1 saturated heterocycles. The fourth-order valence-corrected chi connectivity index (χ4v) is 3.19. The highest BCUT2D eigenvalue weighted by Crippen LogP contribution is 2.40. The minimum atomic E-state index is -4.23.